The Balaban J connectivity index is 0.000000583. The average Bonchev–Trinajstić information content (AvgIpc) is 2.19. The first-order valence-corrected chi connectivity index (χ1v) is 7.57. The molecule has 0 aliphatic carbocycles. The van der Waals surface area contributed by atoms with E-state index in [1.807, 2.05) is 0 Å². The van der Waals surface area contributed by atoms with Crippen LogP contribution in [0.2, 0.25) is 0 Å². The summed E-state index contributed by atoms with van der Waals surface area (Å²) in [6, 6.07) is 0. The number of rotatable bonds is 0. The minimum absolute atomic E-state index is 0.757. The van der Waals surface area contributed by atoms with Crippen LogP contribution in [-0.2, 0) is 13.1 Å². The molecule has 0 aromatic rings. The van der Waals surface area contributed by atoms with Crippen LogP contribution in [0.25, 0.3) is 5.32 Å². The van der Waals surface area contributed by atoms with Crippen molar-refractivity contribution in [2.75, 3.05) is 52.4 Å². The topological polar surface area (TPSA) is 50.2 Å². The number of hydrogen-bond acceptors (Lipinski definition) is 3. The summed E-state index contributed by atoms with van der Waals surface area (Å²) in [6.07, 6.45) is 0. The molecule has 0 radical (unpaired) electrons. The molecule has 0 atom stereocenters. The van der Waals surface area contributed by atoms with Crippen molar-refractivity contribution in [1.82, 2.24) is 16.0 Å². The summed E-state index contributed by atoms with van der Waals surface area (Å²) in [6.45, 7) is 8.14. The van der Waals surface area contributed by atoms with E-state index in [-0.39, 0.29) is 0 Å². The zero-order valence-corrected chi connectivity index (χ0v) is 11.1. The Labute approximate surface area is 107 Å². The molecule has 1 aliphatic rings. The summed E-state index contributed by atoms with van der Waals surface area (Å²) in [5.41, 5.74) is 0. The van der Waals surface area contributed by atoms with Crippen molar-refractivity contribution in [3.05, 3.63) is 5.32 Å². The molecule has 0 amide bonds. The monoisotopic (exact) mass is 304 g/mol. The molecule has 15 heavy (non-hydrogen) atoms. The Morgan fingerprint density at radius 2 is 1.07 bits per heavy atom. The van der Waals surface area contributed by atoms with E-state index in [0.717, 1.165) is 65.5 Å². The first-order valence-electron chi connectivity index (χ1n) is 4.98. The van der Waals surface area contributed by atoms with Crippen molar-refractivity contribution >= 4 is 20.2 Å². The summed E-state index contributed by atoms with van der Waals surface area (Å²) in [5.74, 6) is 0. The zero-order chi connectivity index (χ0) is 11.2. The van der Waals surface area contributed by atoms with Crippen LogP contribution in [0.1, 0.15) is 0 Å². The van der Waals surface area contributed by atoms with Crippen molar-refractivity contribution in [2.45, 2.75) is 0 Å². The average molecular weight is 306 g/mol. The standard InChI is InChI=1S/C8H19N4.2ClH.Cu/c1-2-10-5-6-12-8-7-11-4-3-9-1;;;/h9-11H,1-8H2;2*1H;/q-1;;;+2/p-2. The van der Waals surface area contributed by atoms with Crippen LogP contribution in [-0.4, -0.2) is 52.4 Å². The molecule has 3 N–H and O–H groups in total. The van der Waals surface area contributed by atoms with Gasteiger partial charge >= 0.3 is 33.3 Å². The van der Waals surface area contributed by atoms with Crippen molar-refractivity contribution in [1.29, 1.82) is 0 Å². The van der Waals surface area contributed by atoms with Gasteiger partial charge in [-0.2, -0.15) is 0 Å². The van der Waals surface area contributed by atoms with E-state index in [4.69, 9.17) is 0 Å². The van der Waals surface area contributed by atoms with E-state index in [1.54, 1.807) is 0 Å². The van der Waals surface area contributed by atoms with Gasteiger partial charge in [-0.25, -0.2) is 0 Å². The quantitative estimate of drug-likeness (QED) is 0.572. The van der Waals surface area contributed by atoms with Gasteiger partial charge in [-0.3, -0.25) is 0 Å². The van der Waals surface area contributed by atoms with Gasteiger partial charge in [0.05, 0.1) is 0 Å². The molecule has 0 saturated carbocycles. The summed E-state index contributed by atoms with van der Waals surface area (Å²) in [7, 11) is 9.34. The number of nitrogens with one attached hydrogen (secondary N) is 3. The van der Waals surface area contributed by atoms with Gasteiger partial charge in [0.15, 0.2) is 0 Å². The first-order chi connectivity index (χ1) is 7.41. The van der Waals surface area contributed by atoms with Crippen LogP contribution < -0.4 is 16.0 Å². The van der Waals surface area contributed by atoms with Crippen LogP contribution in [0, 0.1) is 0 Å². The van der Waals surface area contributed by atoms with E-state index in [9.17, 15) is 0 Å². The van der Waals surface area contributed by atoms with Crippen LogP contribution in [0.5, 0.6) is 0 Å². The van der Waals surface area contributed by atoms with Gasteiger partial charge in [0.1, 0.15) is 0 Å². The second-order valence-electron chi connectivity index (χ2n) is 2.96. The number of halogens is 2. The maximum atomic E-state index is 4.67. The fourth-order valence-corrected chi connectivity index (χ4v) is 1.16. The molecule has 0 bridgehead atoms. The zero-order valence-electron chi connectivity index (χ0n) is 8.66. The fourth-order valence-electron chi connectivity index (χ4n) is 1.16. The third kappa shape index (κ3) is 14.9. The van der Waals surface area contributed by atoms with Gasteiger partial charge < -0.3 is 21.3 Å². The minimum atomic E-state index is 0.757. The molecule has 0 unspecified atom stereocenters. The van der Waals surface area contributed by atoms with E-state index in [2.05, 4.69) is 41.5 Å². The summed E-state index contributed by atoms with van der Waals surface area (Å²) < 4.78 is 0. The van der Waals surface area contributed by atoms with Crippen LogP contribution >= 0.6 is 20.2 Å². The predicted molar refractivity (Wildman–Crippen MR) is 63.4 cm³/mol. The van der Waals surface area contributed by atoms with Crippen molar-refractivity contribution in [2.24, 2.45) is 0 Å². The molecule has 1 aliphatic heterocycles. The molecule has 1 saturated heterocycles. The van der Waals surface area contributed by atoms with E-state index < -0.39 is 0 Å². The second-order valence-corrected chi connectivity index (χ2v) is 4.52. The van der Waals surface area contributed by atoms with Crippen LogP contribution in [0.15, 0.2) is 0 Å². The third-order valence-corrected chi connectivity index (χ3v) is 1.85. The Morgan fingerprint density at radius 3 is 1.47 bits per heavy atom. The van der Waals surface area contributed by atoms with Gasteiger partial charge in [0, 0.05) is 26.2 Å². The number of nitrogens with zero attached hydrogens (tertiary/aromatic N) is 1. The van der Waals surface area contributed by atoms with Gasteiger partial charge in [-0.05, 0) is 13.1 Å². The second kappa shape index (κ2) is 14.9. The Bertz CT molecular complexity index is 77.8. The summed E-state index contributed by atoms with van der Waals surface area (Å²) in [4.78, 5) is 0. The van der Waals surface area contributed by atoms with Gasteiger partial charge in [0.2, 0.25) is 0 Å². The maximum absolute atomic E-state index is 4.67. The normalized spacial score (nSPS) is 20.7. The first kappa shape index (κ1) is 15.9. The van der Waals surface area contributed by atoms with E-state index in [1.165, 1.54) is 0 Å². The van der Waals surface area contributed by atoms with Gasteiger partial charge in [-0.1, -0.05) is 0 Å². The Hall–Kier alpha value is 0.939. The van der Waals surface area contributed by atoms with Crippen molar-refractivity contribution in [3.63, 3.8) is 0 Å². The summed E-state index contributed by atoms with van der Waals surface area (Å²) in [5, 5.41) is 14.4. The molecule has 0 spiro atoms. The predicted octanol–water partition coefficient (Wildman–Crippen LogP) is 0.519. The Kier molecular flexibility index (Phi) is 15.9. The molecule has 1 fully saturated rings. The van der Waals surface area contributed by atoms with E-state index in [0.29, 0.717) is 0 Å². The number of hydrogen-bond donors (Lipinski definition) is 3. The molecule has 0 aromatic heterocycles. The molecule has 97 valence electrons. The third-order valence-electron chi connectivity index (χ3n) is 1.85. The van der Waals surface area contributed by atoms with Gasteiger partial charge in [-0.15, -0.1) is 13.1 Å². The van der Waals surface area contributed by atoms with Crippen molar-refractivity contribution < 1.29 is 13.1 Å². The summed E-state index contributed by atoms with van der Waals surface area (Å²) >= 11 is 0.757. The van der Waals surface area contributed by atoms with Crippen LogP contribution in [0.3, 0.4) is 0 Å². The fraction of sp³-hybridized carbons (Fsp3) is 1.00. The van der Waals surface area contributed by atoms with Crippen molar-refractivity contribution in [3.8, 4) is 0 Å². The molecule has 0 aromatic carbocycles. The molecular formula is C8H19Cl2CuN4-. The molecular weight excluding hydrogens is 287 g/mol. The molecule has 4 nitrogen and oxygen atoms in total. The Morgan fingerprint density at radius 1 is 0.733 bits per heavy atom. The molecule has 7 heteroatoms. The van der Waals surface area contributed by atoms with Crippen LogP contribution in [0.4, 0.5) is 0 Å². The van der Waals surface area contributed by atoms with E-state index >= 15 is 0 Å². The molecule has 1 rings (SSSR count). The van der Waals surface area contributed by atoms with Gasteiger partial charge in [0.25, 0.3) is 0 Å². The SMILES string of the molecule is C1CNCCNCCNCC[N-]1.[Cl][Cu][Cl]. The molecule has 1 heterocycles.